The lowest BCUT2D eigenvalue weighted by atomic mass is 10.0. The number of nitrogens with zero attached hydrogens (tertiary/aromatic N) is 3. The van der Waals surface area contributed by atoms with Gasteiger partial charge < -0.3 is 15.5 Å². The van der Waals surface area contributed by atoms with Crippen LogP contribution in [0, 0.1) is 13.8 Å². The maximum atomic E-state index is 12.1. The molecule has 0 radical (unpaired) electrons. The Kier molecular flexibility index (Phi) is 6.05. The van der Waals surface area contributed by atoms with Gasteiger partial charge in [0.05, 0.1) is 4.90 Å². The first-order chi connectivity index (χ1) is 15.7. The number of hydrogen-bond donors (Lipinski definition) is 3. The number of aromatic nitrogens is 2. The van der Waals surface area contributed by atoms with E-state index in [1.54, 1.807) is 30.2 Å². The molecule has 0 bridgehead atoms. The predicted octanol–water partition coefficient (Wildman–Crippen LogP) is 3.53. The average molecular weight is 467 g/mol. The SMILES string of the molecule is CCN1C(=O)CCc2cc(Nc3nc(Nc4ccc(C)c(S(N)(=O)=O)c4)ncc3C)ccc21. The van der Waals surface area contributed by atoms with Crippen molar-refractivity contribution in [3.8, 4) is 0 Å². The fraction of sp³-hybridized carbons (Fsp3) is 0.261. The van der Waals surface area contributed by atoms with Gasteiger partial charge in [0.2, 0.25) is 21.9 Å². The molecule has 0 aliphatic carbocycles. The first kappa shape index (κ1) is 22.7. The molecule has 3 aromatic rings. The summed E-state index contributed by atoms with van der Waals surface area (Å²) in [5.41, 5.74) is 4.84. The molecule has 0 fully saturated rings. The average Bonchev–Trinajstić information content (AvgIpc) is 2.76. The smallest absolute Gasteiger partial charge is 0.238 e. The predicted molar refractivity (Wildman–Crippen MR) is 129 cm³/mol. The van der Waals surface area contributed by atoms with Crippen molar-refractivity contribution in [3.05, 3.63) is 59.3 Å². The highest BCUT2D eigenvalue weighted by molar-refractivity contribution is 7.89. The number of primary sulfonamides is 1. The van der Waals surface area contributed by atoms with Crippen molar-refractivity contribution in [3.63, 3.8) is 0 Å². The molecule has 33 heavy (non-hydrogen) atoms. The van der Waals surface area contributed by atoms with Crippen LogP contribution < -0.4 is 20.7 Å². The third kappa shape index (κ3) is 4.81. The normalized spacial score (nSPS) is 13.6. The van der Waals surface area contributed by atoms with Crippen LogP contribution in [0.1, 0.15) is 30.0 Å². The molecule has 9 nitrogen and oxygen atoms in total. The molecule has 4 N–H and O–H groups in total. The van der Waals surface area contributed by atoms with Gasteiger partial charge in [-0.05, 0) is 68.7 Å². The Labute approximate surface area is 193 Å². The molecular weight excluding hydrogens is 440 g/mol. The monoisotopic (exact) mass is 466 g/mol. The van der Waals surface area contributed by atoms with Gasteiger partial charge in [-0.15, -0.1) is 0 Å². The van der Waals surface area contributed by atoms with Gasteiger partial charge in [0, 0.05) is 41.8 Å². The van der Waals surface area contributed by atoms with Crippen LogP contribution in [0.5, 0.6) is 0 Å². The largest absolute Gasteiger partial charge is 0.340 e. The summed E-state index contributed by atoms with van der Waals surface area (Å²) < 4.78 is 23.6. The first-order valence-corrected chi connectivity index (χ1v) is 12.1. The van der Waals surface area contributed by atoms with Gasteiger partial charge in [-0.2, -0.15) is 4.98 Å². The van der Waals surface area contributed by atoms with Crippen LogP contribution in [0.25, 0.3) is 0 Å². The summed E-state index contributed by atoms with van der Waals surface area (Å²) in [6.07, 6.45) is 2.89. The molecule has 1 aliphatic heterocycles. The van der Waals surface area contributed by atoms with Crippen molar-refractivity contribution in [2.45, 2.75) is 38.5 Å². The number of nitrogens with one attached hydrogen (secondary N) is 2. The first-order valence-electron chi connectivity index (χ1n) is 10.6. The molecule has 1 aliphatic rings. The van der Waals surface area contributed by atoms with Crippen molar-refractivity contribution >= 4 is 44.8 Å². The molecule has 0 atom stereocenters. The van der Waals surface area contributed by atoms with Crippen molar-refractivity contribution < 1.29 is 13.2 Å². The lowest BCUT2D eigenvalue weighted by Gasteiger charge is -2.28. The van der Waals surface area contributed by atoms with Gasteiger partial charge in [-0.3, -0.25) is 4.79 Å². The highest BCUT2D eigenvalue weighted by Crippen LogP contribution is 2.31. The van der Waals surface area contributed by atoms with E-state index in [1.165, 1.54) is 6.07 Å². The van der Waals surface area contributed by atoms with Crippen molar-refractivity contribution in [1.82, 2.24) is 9.97 Å². The van der Waals surface area contributed by atoms with Crippen molar-refractivity contribution in [2.75, 3.05) is 22.1 Å². The Morgan fingerprint density at radius 1 is 1.03 bits per heavy atom. The van der Waals surface area contributed by atoms with Gasteiger partial charge >= 0.3 is 0 Å². The molecule has 1 amide bonds. The summed E-state index contributed by atoms with van der Waals surface area (Å²) in [5.74, 6) is 1.08. The van der Waals surface area contributed by atoms with E-state index in [2.05, 4.69) is 20.6 Å². The maximum Gasteiger partial charge on any atom is 0.238 e. The third-order valence-corrected chi connectivity index (χ3v) is 6.63. The number of nitrogens with two attached hydrogens (primary N) is 1. The second-order valence-electron chi connectivity index (χ2n) is 7.98. The zero-order valence-electron chi connectivity index (χ0n) is 18.7. The minimum atomic E-state index is -3.84. The van der Waals surface area contributed by atoms with E-state index < -0.39 is 10.0 Å². The number of fused-ring (bicyclic) bond motifs is 1. The van der Waals surface area contributed by atoms with E-state index >= 15 is 0 Å². The molecule has 172 valence electrons. The topological polar surface area (TPSA) is 130 Å². The fourth-order valence-corrected chi connectivity index (χ4v) is 4.67. The van der Waals surface area contributed by atoms with E-state index in [0.29, 0.717) is 42.4 Å². The van der Waals surface area contributed by atoms with Gasteiger partial charge in [0.1, 0.15) is 5.82 Å². The summed E-state index contributed by atoms with van der Waals surface area (Å²) in [5, 5.41) is 11.7. The number of hydrogen-bond acceptors (Lipinski definition) is 7. The Balaban J connectivity index is 1.58. The number of aryl methyl sites for hydroxylation is 3. The second-order valence-corrected chi connectivity index (χ2v) is 9.51. The van der Waals surface area contributed by atoms with Gasteiger partial charge in [-0.1, -0.05) is 6.07 Å². The molecule has 4 rings (SSSR count). The lowest BCUT2D eigenvalue weighted by Crippen LogP contribution is -2.34. The lowest BCUT2D eigenvalue weighted by molar-refractivity contribution is -0.118. The molecule has 2 heterocycles. The summed E-state index contributed by atoms with van der Waals surface area (Å²) in [4.78, 5) is 22.8. The van der Waals surface area contributed by atoms with Crippen LogP contribution in [0.2, 0.25) is 0 Å². The minimum absolute atomic E-state index is 0.0478. The van der Waals surface area contributed by atoms with Crippen LogP contribution in [0.3, 0.4) is 0 Å². The highest BCUT2D eigenvalue weighted by atomic mass is 32.2. The second kappa shape index (κ2) is 8.80. The Hall–Kier alpha value is -3.50. The van der Waals surface area contributed by atoms with Crippen molar-refractivity contribution in [1.29, 1.82) is 0 Å². The number of amides is 1. The molecule has 2 aromatic carbocycles. The van der Waals surface area contributed by atoms with Gasteiger partial charge in [0.15, 0.2) is 0 Å². The van der Waals surface area contributed by atoms with Gasteiger partial charge in [-0.25, -0.2) is 18.5 Å². The zero-order chi connectivity index (χ0) is 23.8. The summed E-state index contributed by atoms with van der Waals surface area (Å²) in [6.45, 7) is 6.19. The molecule has 0 spiro atoms. The molecule has 0 saturated heterocycles. The van der Waals surface area contributed by atoms with Crippen LogP contribution in [0.15, 0.2) is 47.5 Å². The van der Waals surface area contributed by atoms with Gasteiger partial charge in [0.25, 0.3) is 0 Å². The molecule has 10 heteroatoms. The van der Waals surface area contributed by atoms with E-state index in [9.17, 15) is 13.2 Å². The number of rotatable bonds is 6. The Morgan fingerprint density at radius 2 is 1.76 bits per heavy atom. The van der Waals surface area contributed by atoms with E-state index in [4.69, 9.17) is 5.14 Å². The molecule has 1 aromatic heterocycles. The molecular formula is C23H26N6O3S. The quantitative estimate of drug-likeness (QED) is 0.506. The number of carbonyl (C=O) groups is 1. The summed E-state index contributed by atoms with van der Waals surface area (Å²) >= 11 is 0. The molecule has 0 saturated carbocycles. The van der Waals surface area contributed by atoms with Crippen LogP contribution in [-0.2, 0) is 21.2 Å². The van der Waals surface area contributed by atoms with E-state index in [-0.39, 0.29) is 10.8 Å². The third-order valence-electron chi connectivity index (χ3n) is 5.58. The van der Waals surface area contributed by atoms with Crippen LogP contribution in [0.4, 0.5) is 28.8 Å². The van der Waals surface area contributed by atoms with E-state index in [0.717, 1.165) is 22.5 Å². The Morgan fingerprint density at radius 3 is 2.48 bits per heavy atom. The van der Waals surface area contributed by atoms with Crippen LogP contribution in [-0.4, -0.2) is 30.8 Å². The zero-order valence-corrected chi connectivity index (χ0v) is 19.5. The summed E-state index contributed by atoms with van der Waals surface area (Å²) in [7, 11) is -3.84. The standard InChI is InChI=1S/C23H26N6O3S/c1-4-29-19-9-8-17(11-16(19)6-10-21(29)30)26-22-15(3)13-25-23(28-22)27-18-7-5-14(2)20(12-18)33(24,31)32/h5,7-9,11-13H,4,6,10H2,1-3H3,(H2,24,31,32)(H2,25,26,27,28). The minimum Gasteiger partial charge on any atom is -0.340 e. The van der Waals surface area contributed by atoms with E-state index in [1.807, 2.05) is 32.0 Å². The number of carbonyl (C=O) groups excluding carboxylic acids is 1. The molecule has 0 unspecified atom stereocenters. The fourth-order valence-electron chi connectivity index (χ4n) is 3.86. The number of benzene rings is 2. The summed E-state index contributed by atoms with van der Waals surface area (Å²) in [6, 6.07) is 10.8. The maximum absolute atomic E-state index is 12.1. The van der Waals surface area contributed by atoms with Crippen molar-refractivity contribution in [2.24, 2.45) is 5.14 Å². The number of anilines is 5. The highest BCUT2D eigenvalue weighted by Gasteiger charge is 2.23. The Bertz CT molecular complexity index is 1340. The van der Waals surface area contributed by atoms with Crippen LogP contribution >= 0.6 is 0 Å². The number of sulfonamides is 1.